The minimum atomic E-state index is -5.37. The number of benzene rings is 1. The van der Waals surface area contributed by atoms with E-state index >= 15 is 0 Å². The van der Waals surface area contributed by atoms with Crippen LogP contribution in [-0.4, -0.2) is 29.6 Å². The summed E-state index contributed by atoms with van der Waals surface area (Å²) in [4.78, 5) is 0. The number of nitrogens with one attached hydrogen (secondary N) is 1. The van der Waals surface area contributed by atoms with Gasteiger partial charge in [0.1, 0.15) is 0 Å². The molecule has 0 heterocycles. The molecular formula is C12H13F6NO. The van der Waals surface area contributed by atoms with Crippen LogP contribution in [0.5, 0.6) is 0 Å². The maximum atomic E-state index is 12.6. The molecule has 0 aliphatic carbocycles. The quantitative estimate of drug-likeness (QED) is 0.819. The van der Waals surface area contributed by atoms with Crippen LogP contribution in [0, 0.1) is 0 Å². The lowest BCUT2D eigenvalue weighted by molar-refractivity contribution is -0.291. The summed E-state index contributed by atoms with van der Waals surface area (Å²) >= 11 is 0. The minimum Gasteiger partial charge on any atom is -0.379 e. The third-order valence-corrected chi connectivity index (χ3v) is 2.61. The molecule has 1 rings (SSSR count). The predicted molar refractivity (Wildman–Crippen MR) is 59.8 cm³/mol. The van der Waals surface area contributed by atoms with Gasteiger partial charge in [-0.15, -0.1) is 0 Å². The van der Waals surface area contributed by atoms with Crippen LogP contribution in [0.1, 0.15) is 12.0 Å². The third kappa shape index (κ3) is 5.01. The standard InChI is InChI=1S/C12H13F6NO/c13-11(14,15)7-10(20,12(16,17)18)8-19-6-9-4-2-1-3-5-9/h1-5,19-20H,6-8H2. The molecule has 2 N–H and O–H groups in total. The maximum Gasteiger partial charge on any atom is 0.418 e. The Kier molecular flexibility index (Phi) is 5.04. The van der Waals surface area contributed by atoms with Crippen molar-refractivity contribution in [2.75, 3.05) is 6.54 Å². The second-order valence-electron chi connectivity index (χ2n) is 4.41. The third-order valence-electron chi connectivity index (χ3n) is 2.61. The van der Waals surface area contributed by atoms with Gasteiger partial charge in [0, 0.05) is 13.1 Å². The van der Waals surface area contributed by atoms with Gasteiger partial charge in [-0.25, -0.2) is 0 Å². The molecule has 0 aliphatic heterocycles. The molecule has 0 amide bonds. The molecule has 2 nitrogen and oxygen atoms in total. The fraction of sp³-hybridized carbons (Fsp3) is 0.500. The van der Waals surface area contributed by atoms with Crippen LogP contribution in [0.15, 0.2) is 30.3 Å². The molecule has 0 saturated carbocycles. The number of hydrogen-bond donors (Lipinski definition) is 2. The molecule has 0 aromatic heterocycles. The van der Waals surface area contributed by atoms with Gasteiger partial charge in [0.2, 0.25) is 0 Å². The van der Waals surface area contributed by atoms with Crippen LogP contribution in [-0.2, 0) is 6.54 Å². The molecule has 1 unspecified atom stereocenters. The van der Waals surface area contributed by atoms with Crippen LogP contribution in [0.25, 0.3) is 0 Å². The van der Waals surface area contributed by atoms with E-state index in [4.69, 9.17) is 0 Å². The normalized spacial score (nSPS) is 15.9. The summed E-state index contributed by atoms with van der Waals surface area (Å²) < 4.78 is 74.1. The molecule has 0 aliphatic rings. The molecule has 0 bridgehead atoms. The highest BCUT2D eigenvalue weighted by Gasteiger charge is 2.58. The average Bonchev–Trinajstić information content (AvgIpc) is 2.26. The number of aliphatic hydroxyl groups is 1. The summed E-state index contributed by atoms with van der Waals surface area (Å²) in [6, 6.07) is 8.18. The Hall–Kier alpha value is -1.28. The largest absolute Gasteiger partial charge is 0.418 e. The fourth-order valence-corrected chi connectivity index (χ4v) is 1.60. The lowest BCUT2D eigenvalue weighted by Gasteiger charge is -2.31. The predicted octanol–water partition coefficient (Wildman–Crippen LogP) is 3.02. The van der Waals surface area contributed by atoms with Gasteiger partial charge in [-0.1, -0.05) is 30.3 Å². The van der Waals surface area contributed by atoms with Crippen molar-refractivity contribution in [3.8, 4) is 0 Å². The highest BCUT2D eigenvalue weighted by atomic mass is 19.4. The topological polar surface area (TPSA) is 32.3 Å². The van der Waals surface area contributed by atoms with Crippen molar-refractivity contribution in [1.29, 1.82) is 0 Å². The molecule has 8 heteroatoms. The number of rotatable bonds is 5. The van der Waals surface area contributed by atoms with Crippen molar-refractivity contribution in [3.05, 3.63) is 35.9 Å². The van der Waals surface area contributed by atoms with Crippen LogP contribution in [0.2, 0.25) is 0 Å². The summed E-state index contributed by atoms with van der Waals surface area (Å²) in [5.41, 5.74) is -3.23. The average molecular weight is 301 g/mol. The summed E-state index contributed by atoms with van der Waals surface area (Å²) in [7, 11) is 0. The molecule has 114 valence electrons. The zero-order valence-electron chi connectivity index (χ0n) is 10.2. The lowest BCUT2D eigenvalue weighted by Crippen LogP contribution is -2.54. The first-order valence-corrected chi connectivity index (χ1v) is 5.64. The van der Waals surface area contributed by atoms with E-state index in [-0.39, 0.29) is 6.54 Å². The summed E-state index contributed by atoms with van der Waals surface area (Å²) in [6.07, 6.45) is -12.8. The second kappa shape index (κ2) is 6.01. The van der Waals surface area contributed by atoms with E-state index in [1.807, 2.05) is 0 Å². The van der Waals surface area contributed by atoms with Gasteiger partial charge in [0.15, 0.2) is 5.60 Å². The molecule has 20 heavy (non-hydrogen) atoms. The van der Waals surface area contributed by atoms with Crippen molar-refractivity contribution in [1.82, 2.24) is 5.32 Å². The first-order chi connectivity index (χ1) is 9.04. The van der Waals surface area contributed by atoms with E-state index in [9.17, 15) is 31.4 Å². The number of hydrogen-bond acceptors (Lipinski definition) is 2. The summed E-state index contributed by atoms with van der Waals surface area (Å²) in [6.45, 7) is -1.30. The molecule has 1 aromatic rings. The van der Waals surface area contributed by atoms with E-state index in [0.29, 0.717) is 5.56 Å². The van der Waals surface area contributed by atoms with E-state index < -0.39 is 30.9 Å². The van der Waals surface area contributed by atoms with Gasteiger partial charge in [-0.05, 0) is 5.56 Å². The first kappa shape index (κ1) is 16.8. The smallest absolute Gasteiger partial charge is 0.379 e. The number of halogens is 6. The Morgan fingerprint density at radius 2 is 1.50 bits per heavy atom. The van der Waals surface area contributed by atoms with E-state index in [2.05, 4.69) is 5.32 Å². The fourth-order valence-electron chi connectivity index (χ4n) is 1.60. The maximum absolute atomic E-state index is 12.6. The Bertz CT molecular complexity index is 416. The Balaban J connectivity index is 2.67. The highest BCUT2D eigenvalue weighted by Crippen LogP contribution is 2.38. The Morgan fingerprint density at radius 3 is 1.95 bits per heavy atom. The second-order valence-corrected chi connectivity index (χ2v) is 4.41. The molecular weight excluding hydrogens is 288 g/mol. The molecule has 0 fully saturated rings. The first-order valence-electron chi connectivity index (χ1n) is 5.64. The van der Waals surface area contributed by atoms with Crippen molar-refractivity contribution < 1.29 is 31.4 Å². The SMILES string of the molecule is OC(CNCc1ccccc1)(CC(F)(F)F)C(F)(F)F. The van der Waals surface area contributed by atoms with E-state index in [1.165, 1.54) is 0 Å². The Morgan fingerprint density at radius 1 is 0.950 bits per heavy atom. The summed E-state index contributed by atoms with van der Waals surface area (Å²) in [5.74, 6) is 0. The van der Waals surface area contributed by atoms with E-state index in [1.54, 1.807) is 30.3 Å². The molecule has 0 saturated heterocycles. The van der Waals surface area contributed by atoms with Gasteiger partial charge in [0.25, 0.3) is 0 Å². The molecule has 0 radical (unpaired) electrons. The zero-order valence-corrected chi connectivity index (χ0v) is 10.2. The van der Waals surface area contributed by atoms with Gasteiger partial charge in [-0.2, -0.15) is 26.3 Å². The molecule has 1 atom stereocenters. The van der Waals surface area contributed by atoms with Crippen LogP contribution < -0.4 is 5.32 Å². The van der Waals surface area contributed by atoms with Crippen molar-refractivity contribution in [3.63, 3.8) is 0 Å². The Labute approximate surface area is 111 Å². The van der Waals surface area contributed by atoms with Crippen LogP contribution in [0.3, 0.4) is 0 Å². The molecule has 0 spiro atoms. The monoisotopic (exact) mass is 301 g/mol. The van der Waals surface area contributed by atoms with Gasteiger partial charge < -0.3 is 10.4 Å². The van der Waals surface area contributed by atoms with Gasteiger partial charge >= 0.3 is 12.4 Å². The van der Waals surface area contributed by atoms with Crippen molar-refractivity contribution in [2.45, 2.75) is 30.9 Å². The zero-order chi connectivity index (χ0) is 15.4. The minimum absolute atomic E-state index is 0.0723. The van der Waals surface area contributed by atoms with Crippen molar-refractivity contribution >= 4 is 0 Å². The van der Waals surface area contributed by atoms with Gasteiger partial charge in [-0.3, -0.25) is 0 Å². The van der Waals surface area contributed by atoms with E-state index in [0.717, 1.165) is 0 Å². The lowest BCUT2D eigenvalue weighted by atomic mass is 9.98. The summed E-state index contributed by atoms with van der Waals surface area (Å²) in [5, 5.41) is 11.5. The highest BCUT2D eigenvalue weighted by molar-refractivity contribution is 5.14. The van der Waals surface area contributed by atoms with Crippen LogP contribution >= 0.6 is 0 Å². The molecule has 1 aromatic carbocycles. The number of alkyl halides is 6. The van der Waals surface area contributed by atoms with Crippen LogP contribution in [0.4, 0.5) is 26.3 Å². The van der Waals surface area contributed by atoms with Gasteiger partial charge in [0.05, 0.1) is 6.42 Å². The van der Waals surface area contributed by atoms with Crippen molar-refractivity contribution in [2.24, 2.45) is 0 Å².